The van der Waals surface area contributed by atoms with Crippen LogP contribution in [0.25, 0.3) is 0 Å². The second-order valence-corrected chi connectivity index (χ2v) is 6.74. The zero-order chi connectivity index (χ0) is 18.9. The first-order valence-electron chi connectivity index (χ1n) is 8.08. The van der Waals surface area contributed by atoms with Crippen LogP contribution in [-0.2, 0) is 12.7 Å². The number of carbonyl (C=O) groups is 1. The van der Waals surface area contributed by atoms with E-state index in [-0.39, 0.29) is 16.7 Å². The number of aromatic nitrogens is 1. The van der Waals surface area contributed by atoms with Crippen LogP contribution in [0.1, 0.15) is 34.3 Å². The maximum absolute atomic E-state index is 12.7. The SMILES string of the molecule is CN(Cc1ccc(C(=O)NC2CC2)cc1)c1ncc(C(F)(F)F)cc1Cl. The molecule has 2 aromatic rings. The number of pyridine rings is 1. The van der Waals surface area contributed by atoms with E-state index in [0.717, 1.165) is 30.7 Å². The second kappa shape index (κ2) is 7.15. The number of hydrogen-bond donors (Lipinski definition) is 1. The summed E-state index contributed by atoms with van der Waals surface area (Å²) in [4.78, 5) is 17.5. The van der Waals surface area contributed by atoms with Crippen molar-refractivity contribution in [2.45, 2.75) is 31.6 Å². The summed E-state index contributed by atoms with van der Waals surface area (Å²) in [5.41, 5.74) is 0.577. The predicted molar refractivity (Wildman–Crippen MR) is 93.3 cm³/mol. The fourth-order valence-electron chi connectivity index (χ4n) is 2.47. The van der Waals surface area contributed by atoms with Gasteiger partial charge in [-0.2, -0.15) is 13.2 Å². The van der Waals surface area contributed by atoms with Crippen LogP contribution in [0.4, 0.5) is 19.0 Å². The van der Waals surface area contributed by atoms with Gasteiger partial charge in [0.25, 0.3) is 5.91 Å². The highest BCUT2D eigenvalue weighted by Crippen LogP contribution is 2.33. The van der Waals surface area contributed by atoms with Gasteiger partial charge in [0.15, 0.2) is 0 Å². The Morgan fingerprint density at radius 3 is 2.50 bits per heavy atom. The highest BCUT2D eigenvalue weighted by atomic mass is 35.5. The van der Waals surface area contributed by atoms with Crippen molar-refractivity contribution in [3.8, 4) is 0 Å². The van der Waals surface area contributed by atoms with Crippen LogP contribution >= 0.6 is 11.6 Å². The molecule has 4 nitrogen and oxygen atoms in total. The van der Waals surface area contributed by atoms with Crippen molar-refractivity contribution < 1.29 is 18.0 Å². The van der Waals surface area contributed by atoms with Gasteiger partial charge in [-0.25, -0.2) is 4.98 Å². The molecule has 0 atom stereocenters. The van der Waals surface area contributed by atoms with Gasteiger partial charge in [-0.15, -0.1) is 0 Å². The monoisotopic (exact) mass is 383 g/mol. The van der Waals surface area contributed by atoms with E-state index in [1.807, 2.05) is 0 Å². The summed E-state index contributed by atoms with van der Waals surface area (Å²) in [6.07, 6.45) is -1.67. The van der Waals surface area contributed by atoms with Crippen molar-refractivity contribution in [1.82, 2.24) is 10.3 Å². The minimum Gasteiger partial charge on any atom is -0.354 e. The lowest BCUT2D eigenvalue weighted by Crippen LogP contribution is -2.25. The summed E-state index contributed by atoms with van der Waals surface area (Å²) in [6.45, 7) is 0.391. The molecule has 1 N–H and O–H groups in total. The third-order valence-corrected chi connectivity index (χ3v) is 4.34. The molecule has 1 aromatic heterocycles. The summed E-state index contributed by atoms with van der Waals surface area (Å²) in [5, 5.41) is 2.85. The minimum atomic E-state index is -4.48. The van der Waals surface area contributed by atoms with Crippen molar-refractivity contribution in [2.75, 3.05) is 11.9 Å². The van der Waals surface area contributed by atoms with Crippen molar-refractivity contribution in [2.24, 2.45) is 0 Å². The molecular formula is C18H17ClF3N3O. The highest BCUT2D eigenvalue weighted by Gasteiger charge is 2.32. The van der Waals surface area contributed by atoms with E-state index in [1.54, 1.807) is 36.2 Å². The first kappa shape index (κ1) is 18.5. The van der Waals surface area contributed by atoms with Crippen molar-refractivity contribution in [3.63, 3.8) is 0 Å². The Bertz CT molecular complexity index is 804. The Hall–Kier alpha value is -2.28. The summed E-state index contributed by atoms with van der Waals surface area (Å²) >= 11 is 5.96. The predicted octanol–water partition coefficient (Wildman–Crippen LogP) is 4.28. The molecule has 8 heteroatoms. The standard InChI is InChI=1S/C18H17ClF3N3O/c1-25(16-15(19)8-13(9-23-16)18(20,21)22)10-11-2-4-12(5-3-11)17(26)24-14-6-7-14/h2-5,8-9,14H,6-7,10H2,1H3,(H,24,26). The van der Waals surface area contributed by atoms with E-state index < -0.39 is 11.7 Å². The van der Waals surface area contributed by atoms with E-state index in [2.05, 4.69) is 10.3 Å². The van der Waals surface area contributed by atoms with Crippen molar-refractivity contribution >= 4 is 23.3 Å². The molecule has 0 aliphatic heterocycles. The number of nitrogens with zero attached hydrogens (tertiary/aromatic N) is 2. The Morgan fingerprint density at radius 1 is 1.31 bits per heavy atom. The maximum atomic E-state index is 12.7. The topological polar surface area (TPSA) is 45.2 Å². The van der Waals surface area contributed by atoms with Gasteiger partial charge in [0.05, 0.1) is 10.6 Å². The van der Waals surface area contributed by atoms with Gasteiger partial charge in [0.1, 0.15) is 5.82 Å². The zero-order valence-corrected chi connectivity index (χ0v) is 14.7. The maximum Gasteiger partial charge on any atom is 0.417 e. The number of benzene rings is 1. The van der Waals surface area contributed by atoms with E-state index in [9.17, 15) is 18.0 Å². The number of rotatable bonds is 5. The summed E-state index contributed by atoms with van der Waals surface area (Å²) in [5.74, 6) is 0.162. The molecule has 1 aromatic carbocycles. The van der Waals surface area contributed by atoms with E-state index in [0.29, 0.717) is 18.2 Å². The van der Waals surface area contributed by atoms with E-state index in [1.165, 1.54) is 0 Å². The molecule has 0 radical (unpaired) electrons. The van der Waals surface area contributed by atoms with Crippen LogP contribution in [0.15, 0.2) is 36.5 Å². The number of anilines is 1. The zero-order valence-electron chi connectivity index (χ0n) is 14.0. The number of nitrogens with one attached hydrogen (secondary N) is 1. The van der Waals surface area contributed by atoms with Crippen LogP contribution in [0, 0.1) is 0 Å². The molecule has 1 aliphatic rings. The van der Waals surface area contributed by atoms with Gasteiger partial charge >= 0.3 is 6.18 Å². The molecule has 1 amide bonds. The molecule has 1 aliphatic carbocycles. The molecule has 1 heterocycles. The van der Waals surface area contributed by atoms with Crippen LogP contribution < -0.4 is 10.2 Å². The molecule has 3 rings (SSSR count). The first-order chi connectivity index (χ1) is 12.2. The van der Waals surface area contributed by atoms with Gasteiger partial charge < -0.3 is 10.2 Å². The molecule has 0 saturated heterocycles. The Morgan fingerprint density at radius 2 is 1.96 bits per heavy atom. The largest absolute Gasteiger partial charge is 0.417 e. The Balaban J connectivity index is 1.67. The summed E-state index contributed by atoms with van der Waals surface area (Å²) in [6, 6.07) is 8.21. The lowest BCUT2D eigenvalue weighted by atomic mass is 10.1. The summed E-state index contributed by atoms with van der Waals surface area (Å²) in [7, 11) is 1.69. The smallest absolute Gasteiger partial charge is 0.354 e. The number of hydrogen-bond acceptors (Lipinski definition) is 3. The molecule has 0 unspecified atom stereocenters. The van der Waals surface area contributed by atoms with Gasteiger partial charge in [-0.1, -0.05) is 23.7 Å². The van der Waals surface area contributed by atoms with E-state index in [4.69, 9.17) is 11.6 Å². The molecule has 1 saturated carbocycles. The van der Waals surface area contributed by atoms with Gasteiger partial charge in [-0.3, -0.25) is 4.79 Å². The molecule has 0 bridgehead atoms. The third kappa shape index (κ3) is 4.46. The Labute approximate surface area is 154 Å². The highest BCUT2D eigenvalue weighted by molar-refractivity contribution is 6.33. The third-order valence-electron chi connectivity index (χ3n) is 4.06. The summed E-state index contributed by atoms with van der Waals surface area (Å²) < 4.78 is 38.1. The van der Waals surface area contributed by atoms with Crippen molar-refractivity contribution in [3.05, 3.63) is 58.2 Å². The van der Waals surface area contributed by atoms with Gasteiger partial charge in [0.2, 0.25) is 0 Å². The number of carbonyl (C=O) groups excluding carboxylic acids is 1. The van der Waals surface area contributed by atoms with Crippen LogP contribution in [0.3, 0.4) is 0 Å². The first-order valence-corrected chi connectivity index (χ1v) is 8.45. The van der Waals surface area contributed by atoms with Gasteiger partial charge in [0, 0.05) is 31.4 Å². The average Bonchev–Trinajstić information content (AvgIpc) is 3.38. The van der Waals surface area contributed by atoms with Crippen LogP contribution in [0.2, 0.25) is 5.02 Å². The molecule has 1 fully saturated rings. The van der Waals surface area contributed by atoms with E-state index >= 15 is 0 Å². The lowest BCUT2D eigenvalue weighted by Gasteiger charge is -2.20. The van der Waals surface area contributed by atoms with Gasteiger partial charge in [-0.05, 0) is 36.6 Å². The van der Waals surface area contributed by atoms with Crippen molar-refractivity contribution in [1.29, 1.82) is 0 Å². The molecular weight excluding hydrogens is 367 g/mol. The van der Waals surface area contributed by atoms with Crippen LogP contribution in [0.5, 0.6) is 0 Å². The molecule has 0 spiro atoms. The normalized spacial score (nSPS) is 14.2. The quantitative estimate of drug-likeness (QED) is 0.838. The average molecular weight is 384 g/mol. The fraction of sp³-hybridized carbons (Fsp3) is 0.333. The van der Waals surface area contributed by atoms with Crippen LogP contribution in [-0.4, -0.2) is 24.0 Å². The molecule has 26 heavy (non-hydrogen) atoms. The number of halogens is 4. The lowest BCUT2D eigenvalue weighted by molar-refractivity contribution is -0.137. The minimum absolute atomic E-state index is 0.0669. The fourth-order valence-corrected chi connectivity index (χ4v) is 2.78. The Kier molecular flexibility index (Phi) is 5.09. The molecule has 138 valence electrons. The number of alkyl halides is 3. The number of amides is 1. The second-order valence-electron chi connectivity index (χ2n) is 6.33.